The molecule has 0 aliphatic carbocycles. The molecule has 1 aliphatic heterocycles. The number of carbonyl (C=O) groups excluding carboxylic acids is 1. The molecule has 104 valence electrons. The van der Waals surface area contributed by atoms with Gasteiger partial charge in [-0.25, -0.2) is 0 Å². The summed E-state index contributed by atoms with van der Waals surface area (Å²) in [4.78, 5) is 13.8. The smallest absolute Gasteiger partial charge is 0.163 e. The summed E-state index contributed by atoms with van der Waals surface area (Å²) < 4.78 is 0. The monoisotopic (exact) mass is 281 g/mol. The van der Waals surface area contributed by atoms with Crippen molar-refractivity contribution in [1.29, 1.82) is 0 Å². The first kappa shape index (κ1) is 14.4. The third kappa shape index (κ3) is 3.28. The van der Waals surface area contributed by atoms with E-state index in [1.54, 1.807) is 6.07 Å². The molecule has 3 nitrogen and oxygen atoms in total. The maximum Gasteiger partial charge on any atom is 0.163 e. The van der Waals surface area contributed by atoms with E-state index in [4.69, 9.17) is 11.6 Å². The first-order valence-corrected chi connectivity index (χ1v) is 7.13. The van der Waals surface area contributed by atoms with E-state index >= 15 is 0 Å². The summed E-state index contributed by atoms with van der Waals surface area (Å²) in [6.45, 7) is 5.32. The molecule has 4 heteroatoms. The minimum Gasteiger partial charge on any atom is -0.507 e. The highest BCUT2D eigenvalue weighted by molar-refractivity contribution is 6.31. The molecule has 1 aliphatic rings. The SMILES string of the molecule is CC(=O)c1cc(Cl)cc(CN2CCCCC2C)c1O. The van der Waals surface area contributed by atoms with Gasteiger partial charge < -0.3 is 5.11 Å². The van der Waals surface area contributed by atoms with Gasteiger partial charge in [0.05, 0.1) is 5.56 Å². The Morgan fingerprint density at radius 3 is 2.84 bits per heavy atom. The molecule has 1 unspecified atom stereocenters. The van der Waals surface area contributed by atoms with E-state index in [1.165, 1.54) is 32.3 Å². The van der Waals surface area contributed by atoms with Gasteiger partial charge in [-0.1, -0.05) is 18.0 Å². The number of nitrogens with zero attached hydrogens (tertiary/aromatic N) is 1. The van der Waals surface area contributed by atoms with E-state index in [2.05, 4.69) is 11.8 Å². The molecule has 1 heterocycles. The van der Waals surface area contributed by atoms with Gasteiger partial charge in [-0.05, 0) is 45.4 Å². The van der Waals surface area contributed by atoms with Crippen LogP contribution < -0.4 is 0 Å². The predicted molar refractivity (Wildman–Crippen MR) is 76.8 cm³/mol. The van der Waals surface area contributed by atoms with Crippen LogP contribution in [-0.4, -0.2) is 28.4 Å². The first-order valence-electron chi connectivity index (χ1n) is 6.75. The first-order chi connectivity index (χ1) is 8.99. The molecular weight excluding hydrogens is 262 g/mol. The second-order valence-electron chi connectivity index (χ2n) is 5.33. The van der Waals surface area contributed by atoms with Crippen molar-refractivity contribution in [2.75, 3.05) is 6.54 Å². The zero-order chi connectivity index (χ0) is 14.0. The van der Waals surface area contributed by atoms with Gasteiger partial charge in [0, 0.05) is 23.2 Å². The zero-order valence-corrected chi connectivity index (χ0v) is 12.2. The van der Waals surface area contributed by atoms with Crippen molar-refractivity contribution in [2.45, 2.75) is 45.7 Å². The van der Waals surface area contributed by atoms with E-state index < -0.39 is 0 Å². The minimum atomic E-state index is -0.159. The average Bonchev–Trinajstić information content (AvgIpc) is 2.35. The molecule has 19 heavy (non-hydrogen) atoms. The molecule has 0 amide bonds. The molecule has 1 aromatic carbocycles. The lowest BCUT2D eigenvalue weighted by Crippen LogP contribution is -2.36. The summed E-state index contributed by atoms with van der Waals surface area (Å²) in [6.07, 6.45) is 3.63. The zero-order valence-electron chi connectivity index (χ0n) is 11.4. The Kier molecular flexibility index (Phi) is 4.48. The van der Waals surface area contributed by atoms with Crippen molar-refractivity contribution in [1.82, 2.24) is 4.90 Å². The predicted octanol–water partition coefficient (Wildman–Crippen LogP) is 3.62. The normalized spacial score (nSPS) is 20.5. The lowest BCUT2D eigenvalue weighted by atomic mass is 10.0. The summed E-state index contributed by atoms with van der Waals surface area (Å²) in [5.74, 6) is -0.0809. The Morgan fingerprint density at radius 1 is 1.47 bits per heavy atom. The van der Waals surface area contributed by atoms with Crippen LogP contribution in [0.15, 0.2) is 12.1 Å². The van der Waals surface area contributed by atoms with Crippen LogP contribution in [0, 0.1) is 0 Å². The number of hydrogen-bond donors (Lipinski definition) is 1. The van der Waals surface area contributed by atoms with Crippen LogP contribution in [0.25, 0.3) is 0 Å². The number of phenols is 1. The van der Waals surface area contributed by atoms with E-state index in [-0.39, 0.29) is 11.5 Å². The Balaban J connectivity index is 2.26. The van der Waals surface area contributed by atoms with Gasteiger partial charge in [0.15, 0.2) is 5.78 Å². The number of ketones is 1. The second kappa shape index (κ2) is 5.93. The number of benzene rings is 1. The van der Waals surface area contributed by atoms with Crippen molar-refractivity contribution in [3.05, 3.63) is 28.3 Å². The fraction of sp³-hybridized carbons (Fsp3) is 0.533. The number of carbonyl (C=O) groups is 1. The number of Topliss-reactive ketones (excluding diaryl/α,β-unsaturated/α-hetero) is 1. The summed E-state index contributed by atoms with van der Waals surface area (Å²) in [5, 5.41) is 10.7. The molecule has 1 saturated heterocycles. The van der Waals surface area contributed by atoms with Gasteiger partial charge >= 0.3 is 0 Å². The van der Waals surface area contributed by atoms with Crippen molar-refractivity contribution >= 4 is 17.4 Å². The Bertz CT molecular complexity index is 487. The highest BCUT2D eigenvalue weighted by Gasteiger charge is 2.21. The molecule has 0 radical (unpaired) electrons. The number of aromatic hydroxyl groups is 1. The molecule has 0 aromatic heterocycles. The summed E-state index contributed by atoms with van der Waals surface area (Å²) in [5.41, 5.74) is 1.05. The van der Waals surface area contributed by atoms with E-state index in [0.29, 0.717) is 23.2 Å². The molecule has 0 bridgehead atoms. The topological polar surface area (TPSA) is 40.5 Å². The number of rotatable bonds is 3. The van der Waals surface area contributed by atoms with Crippen LogP contribution in [0.1, 0.15) is 49.0 Å². The van der Waals surface area contributed by atoms with E-state index in [1.807, 2.05) is 0 Å². The standard InChI is InChI=1S/C15H20ClNO2/c1-10-5-3-4-6-17(10)9-12-7-13(16)8-14(11(2)18)15(12)19/h7-8,10,19H,3-6,9H2,1-2H3. The van der Waals surface area contributed by atoms with Crippen molar-refractivity contribution in [2.24, 2.45) is 0 Å². The Hall–Kier alpha value is -1.06. The molecule has 2 rings (SSSR count). The number of hydrogen-bond acceptors (Lipinski definition) is 3. The number of halogens is 1. The van der Waals surface area contributed by atoms with Gasteiger partial charge in [-0.15, -0.1) is 0 Å². The maximum atomic E-state index is 11.5. The molecule has 1 N–H and O–H groups in total. The molecule has 1 fully saturated rings. The van der Waals surface area contributed by atoms with Crippen LogP contribution in [0.2, 0.25) is 5.02 Å². The molecule has 1 aromatic rings. The maximum absolute atomic E-state index is 11.5. The molecule has 0 spiro atoms. The lowest BCUT2D eigenvalue weighted by Gasteiger charge is -2.33. The van der Waals surface area contributed by atoms with Gasteiger partial charge in [0.1, 0.15) is 5.75 Å². The van der Waals surface area contributed by atoms with Gasteiger partial charge in [0.2, 0.25) is 0 Å². The van der Waals surface area contributed by atoms with Crippen molar-refractivity contribution in [3.63, 3.8) is 0 Å². The minimum absolute atomic E-state index is 0.0784. The lowest BCUT2D eigenvalue weighted by molar-refractivity contribution is 0.101. The molecule has 0 saturated carbocycles. The highest BCUT2D eigenvalue weighted by atomic mass is 35.5. The van der Waals surface area contributed by atoms with Crippen LogP contribution in [0.5, 0.6) is 5.75 Å². The quantitative estimate of drug-likeness (QED) is 0.860. The van der Waals surface area contributed by atoms with Crippen molar-refractivity contribution in [3.8, 4) is 5.75 Å². The average molecular weight is 282 g/mol. The fourth-order valence-corrected chi connectivity index (χ4v) is 2.90. The summed E-state index contributed by atoms with van der Waals surface area (Å²) in [6, 6.07) is 3.79. The van der Waals surface area contributed by atoms with Crippen LogP contribution in [0.4, 0.5) is 0 Å². The third-order valence-corrected chi connectivity index (χ3v) is 4.07. The summed E-state index contributed by atoms with van der Waals surface area (Å²) in [7, 11) is 0. The van der Waals surface area contributed by atoms with Crippen molar-refractivity contribution < 1.29 is 9.90 Å². The van der Waals surface area contributed by atoms with Gasteiger partial charge in [-0.3, -0.25) is 9.69 Å². The molecular formula is C15H20ClNO2. The largest absolute Gasteiger partial charge is 0.507 e. The summed E-state index contributed by atoms with van der Waals surface area (Å²) >= 11 is 6.04. The van der Waals surface area contributed by atoms with E-state index in [0.717, 1.165) is 12.1 Å². The van der Waals surface area contributed by atoms with Gasteiger partial charge in [-0.2, -0.15) is 0 Å². The Morgan fingerprint density at radius 2 is 2.21 bits per heavy atom. The van der Waals surface area contributed by atoms with Crippen LogP contribution >= 0.6 is 11.6 Å². The number of piperidine rings is 1. The van der Waals surface area contributed by atoms with Crippen LogP contribution in [-0.2, 0) is 6.54 Å². The highest BCUT2D eigenvalue weighted by Crippen LogP contribution is 2.30. The third-order valence-electron chi connectivity index (χ3n) is 3.85. The van der Waals surface area contributed by atoms with Crippen LogP contribution in [0.3, 0.4) is 0 Å². The van der Waals surface area contributed by atoms with E-state index in [9.17, 15) is 9.90 Å². The molecule has 1 atom stereocenters. The van der Waals surface area contributed by atoms with Gasteiger partial charge in [0.25, 0.3) is 0 Å². The number of phenolic OH excluding ortho intramolecular Hbond substituents is 1. The Labute approximate surface area is 119 Å². The second-order valence-corrected chi connectivity index (χ2v) is 5.77. The fourth-order valence-electron chi connectivity index (χ4n) is 2.66. The number of likely N-dealkylation sites (tertiary alicyclic amines) is 1.